The predicted molar refractivity (Wildman–Crippen MR) is 67.1 cm³/mol. The van der Waals surface area contributed by atoms with Crippen LogP contribution < -0.4 is 4.74 Å². The summed E-state index contributed by atoms with van der Waals surface area (Å²) in [5, 5.41) is 9.22. The van der Waals surface area contributed by atoms with Crippen LogP contribution in [0.1, 0.15) is 13.3 Å². The van der Waals surface area contributed by atoms with Crippen molar-refractivity contribution in [1.29, 1.82) is 0 Å². The van der Waals surface area contributed by atoms with Gasteiger partial charge in [-0.1, -0.05) is 19.1 Å². The van der Waals surface area contributed by atoms with Gasteiger partial charge >= 0.3 is 0 Å². The molecule has 0 amide bonds. The van der Waals surface area contributed by atoms with Gasteiger partial charge in [-0.3, -0.25) is 4.98 Å². The summed E-state index contributed by atoms with van der Waals surface area (Å²) in [7, 11) is 0. The lowest BCUT2D eigenvalue weighted by Crippen LogP contribution is -1.97. The molecule has 0 unspecified atom stereocenters. The summed E-state index contributed by atoms with van der Waals surface area (Å²) >= 11 is 0. The van der Waals surface area contributed by atoms with Crippen LogP contribution in [-0.4, -0.2) is 16.7 Å². The fourth-order valence-corrected chi connectivity index (χ4v) is 1.56. The summed E-state index contributed by atoms with van der Waals surface area (Å²) in [5.74, 6) is 0.994. The van der Waals surface area contributed by atoms with Crippen molar-refractivity contribution in [3.8, 4) is 22.8 Å². The molecule has 1 heterocycles. The zero-order valence-corrected chi connectivity index (χ0v) is 9.76. The third kappa shape index (κ3) is 2.75. The number of benzene rings is 1. The minimum atomic E-state index is 0.167. The van der Waals surface area contributed by atoms with Crippen LogP contribution in [0.3, 0.4) is 0 Å². The zero-order valence-electron chi connectivity index (χ0n) is 9.76. The van der Waals surface area contributed by atoms with E-state index in [1.165, 1.54) is 6.20 Å². The third-order valence-electron chi connectivity index (χ3n) is 2.37. The van der Waals surface area contributed by atoms with Gasteiger partial charge in [0.15, 0.2) is 0 Å². The molecule has 0 radical (unpaired) electrons. The average molecular weight is 229 g/mol. The molecule has 88 valence electrons. The van der Waals surface area contributed by atoms with Gasteiger partial charge in [-0.05, 0) is 30.7 Å². The van der Waals surface area contributed by atoms with Gasteiger partial charge in [0.25, 0.3) is 0 Å². The highest BCUT2D eigenvalue weighted by atomic mass is 16.5. The molecule has 0 atom stereocenters. The van der Waals surface area contributed by atoms with E-state index in [1.807, 2.05) is 24.3 Å². The second kappa shape index (κ2) is 5.34. The molecular weight excluding hydrogens is 214 g/mol. The fraction of sp³-hybridized carbons (Fsp3) is 0.214. The van der Waals surface area contributed by atoms with Gasteiger partial charge < -0.3 is 9.84 Å². The molecule has 0 fully saturated rings. The van der Waals surface area contributed by atoms with Gasteiger partial charge in [0, 0.05) is 5.56 Å². The van der Waals surface area contributed by atoms with Gasteiger partial charge in [0.05, 0.1) is 18.5 Å². The van der Waals surface area contributed by atoms with Crippen molar-refractivity contribution in [3.63, 3.8) is 0 Å². The van der Waals surface area contributed by atoms with E-state index in [9.17, 15) is 5.11 Å². The molecular formula is C14H15NO2. The number of hydrogen-bond acceptors (Lipinski definition) is 3. The lowest BCUT2D eigenvalue weighted by Gasteiger charge is -2.10. The third-order valence-corrected chi connectivity index (χ3v) is 2.37. The van der Waals surface area contributed by atoms with Crippen molar-refractivity contribution in [3.05, 3.63) is 42.6 Å². The van der Waals surface area contributed by atoms with Gasteiger partial charge in [0.2, 0.25) is 0 Å². The summed E-state index contributed by atoms with van der Waals surface area (Å²) in [6.07, 6.45) is 2.41. The Kier molecular flexibility index (Phi) is 3.60. The number of nitrogens with zero attached hydrogens (tertiary/aromatic N) is 1. The zero-order chi connectivity index (χ0) is 12.1. The first-order valence-electron chi connectivity index (χ1n) is 5.68. The largest absolute Gasteiger partial charge is 0.506 e. The van der Waals surface area contributed by atoms with E-state index in [2.05, 4.69) is 11.9 Å². The van der Waals surface area contributed by atoms with Crippen molar-refractivity contribution in [2.45, 2.75) is 13.3 Å². The standard InChI is InChI=1S/C14H15NO2/c1-2-9-17-14-6-4-3-5-12(14)13-8-7-11(16)10-15-13/h3-8,10,16H,2,9H2,1H3. The Labute approximate surface area is 101 Å². The van der Waals surface area contributed by atoms with E-state index in [1.54, 1.807) is 12.1 Å². The highest BCUT2D eigenvalue weighted by Gasteiger charge is 2.06. The Morgan fingerprint density at radius 1 is 1.18 bits per heavy atom. The Bertz CT molecular complexity index is 480. The predicted octanol–water partition coefficient (Wildman–Crippen LogP) is 3.24. The molecule has 0 aliphatic rings. The normalized spacial score (nSPS) is 10.2. The van der Waals surface area contributed by atoms with Crippen LogP contribution >= 0.6 is 0 Å². The van der Waals surface area contributed by atoms with Crippen molar-refractivity contribution in [2.75, 3.05) is 6.61 Å². The molecule has 0 aliphatic heterocycles. The van der Waals surface area contributed by atoms with E-state index in [4.69, 9.17) is 4.74 Å². The molecule has 0 spiro atoms. The molecule has 0 aliphatic carbocycles. The quantitative estimate of drug-likeness (QED) is 0.875. The van der Waals surface area contributed by atoms with E-state index < -0.39 is 0 Å². The minimum Gasteiger partial charge on any atom is -0.506 e. The van der Waals surface area contributed by atoms with Crippen LogP contribution in [0.2, 0.25) is 0 Å². The fourth-order valence-electron chi connectivity index (χ4n) is 1.56. The first-order valence-corrected chi connectivity index (χ1v) is 5.68. The van der Waals surface area contributed by atoms with Crippen LogP contribution in [0.15, 0.2) is 42.6 Å². The van der Waals surface area contributed by atoms with Crippen molar-refractivity contribution < 1.29 is 9.84 Å². The molecule has 0 saturated heterocycles. The smallest absolute Gasteiger partial charge is 0.133 e. The molecule has 2 aromatic rings. The van der Waals surface area contributed by atoms with Crippen LogP contribution in [0, 0.1) is 0 Å². The topological polar surface area (TPSA) is 42.4 Å². The Balaban J connectivity index is 2.33. The average Bonchev–Trinajstić information content (AvgIpc) is 2.38. The highest BCUT2D eigenvalue weighted by Crippen LogP contribution is 2.28. The van der Waals surface area contributed by atoms with Crippen molar-refractivity contribution >= 4 is 0 Å². The number of para-hydroxylation sites is 1. The summed E-state index contributed by atoms with van der Waals surface area (Å²) in [4.78, 5) is 4.19. The molecule has 1 N–H and O–H groups in total. The molecule has 2 rings (SSSR count). The summed E-state index contributed by atoms with van der Waals surface area (Å²) in [6, 6.07) is 11.2. The molecule has 17 heavy (non-hydrogen) atoms. The first-order chi connectivity index (χ1) is 8.31. The lowest BCUT2D eigenvalue weighted by molar-refractivity contribution is 0.318. The van der Waals surface area contributed by atoms with Gasteiger partial charge in [-0.25, -0.2) is 0 Å². The molecule has 0 bridgehead atoms. The molecule has 3 heteroatoms. The number of ether oxygens (including phenoxy) is 1. The number of hydrogen-bond donors (Lipinski definition) is 1. The number of rotatable bonds is 4. The number of aromatic hydroxyl groups is 1. The maximum absolute atomic E-state index is 9.22. The number of pyridine rings is 1. The Morgan fingerprint density at radius 2 is 2.00 bits per heavy atom. The second-order valence-electron chi connectivity index (χ2n) is 3.75. The Morgan fingerprint density at radius 3 is 2.71 bits per heavy atom. The monoisotopic (exact) mass is 229 g/mol. The van der Waals surface area contributed by atoms with E-state index in [-0.39, 0.29) is 5.75 Å². The molecule has 1 aromatic heterocycles. The summed E-state index contributed by atoms with van der Waals surface area (Å²) in [6.45, 7) is 2.76. The number of aromatic nitrogens is 1. The van der Waals surface area contributed by atoms with Crippen molar-refractivity contribution in [1.82, 2.24) is 4.98 Å². The van der Waals surface area contributed by atoms with E-state index >= 15 is 0 Å². The van der Waals surface area contributed by atoms with Gasteiger partial charge in [0.1, 0.15) is 11.5 Å². The minimum absolute atomic E-state index is 0.167. The maximum atomic E-state index is 9.22. The van der Waals surface area contributed by atoms with Gasteiger partial charge in [-0.15, -0.1) is 0 Å². The first kappa shape index (κ1) is 11.5. The lowest BCUT2D eigenvalue weighted by atomic mass is 10.1. The van der Waals surface area contributed by atoms with Crippen LogP contribution in [0.5, 0.6) is 11.5 Å². The van der Waals surface area contributed by atoms with Gasteiger partial charge in [-0.2, -0.15) is 0 Å². The second-order valence-corrected chi connectivity index (χ2v) is 3.75. The molecule has 3 nitrogen and oxygen atoms in total. The summed E-state index contributed by atoms with van der Waals surface area (Å²) in [5.41, 5.74) is 1.75. The van der Waals surface area contributed by atoms with Crippen molar-refractivity contribution in [2.24, 2.45) is 0 Å². The van der Waals surface area contributed by atoms with E-state index in [0.717, 1.165) is 23.4 Å². The molecule has 1 aromatic carbocycles. The SMILES string of the molecule is CCCOc1ccccc1-c1ccc(O)cn1. The summed E-state index contributed by atoms with van der Waals surface area (Å²) < 4.78 is 5.67. The van der Waals surface area contributed by atoms with Crippen LogP contribution in [-0.2, 0) is 0 Å². The maximum Gasteiger partial charge on any atom is 0.133 e. The van der Waals surface area contributed by atoms with E-state index in [0.29, 0.717) is 6.61 Å². The van der Waals surface area contributed by atoms with Crippen LogP contribution in [0.25, 0.3) is 11.3 Å². The Hall–Kier alpha value is -2.03. The van der Waals surface area contributed by atoms with Crippen LogP contribution in [0.4, 0.5) is 0 Å². The molecule has 0 saturated carbocycles. The highest BCUT2D eigenvalue weighted by molar-refractivity contribution is 5.67.